The second-order valence-electron chi connectivity index (χ2n) is 11.6. The number of hydrogen-bond donors (Lipinski definition) is 0. The van der Waals surface area contributed by atoms with Gasteiger partial charge in [-0.1, -0.05) is 158 Å². The minimum absolute atomic E-state index is 1.23. The fraction of sp³-hybridized carbons (Fsp3) is 0. The summed E-state index contributed by atoms with van der Waals surface area (Å²) >= 11 is 0. The predicted molar refractivity (Wildman–Crippen MR) is 190 cm³/mol. The van der Waals surface area contributed by atoms with Crippen LogP contribution in [0.1, 0.15) is 0 Å². The second-order valence-corrected chi connectivity index (χ2v) is 11.6. The van der Waals surface area contributed by atoms with Crippen LogP contribution in [-0.2, 0) is 0 Å². The van der Waals surface area contributed by atoms with E-state index in [9.17, 15) is 0 Å². The number of fused-ring (bicyclic) bond motifs is 8. The zero-order chi connectivity index (χ0) is 29.0. The molecule has 9 rings (SSSR count). The zero-order valence-electron chi connectivity index (χ0n) is 24.2. The van der Waals surface area contributed by atoms with Crippen molar-refractivity contribution in [3.8, 4) is 33.4 Å². The van der Waals surface area contributed by atoms with E-state index >= 15 is 0 Å². The summed E-state index contributed by atoms with van der Waals surface area (Å²) in [5.41, 5.74) is 7.51. The van der Waals surface area contributed by atoms with Gasteiger partial charge in [0.05, 0.1) is 0 Å². The first-order valence-corrected chi connectivity index (χ1v) is 15.3. The Hall–Kier alpha value is -5.72. The van der Waals surface area contributed by atoms with E-state index in [0.717, 1.165) is 0 Å². The lowest BCUT2D eigenvalue weighted by molar-refractivity contribution is 1.63. The summed E-state index contributed by atoms with van der Waals surface area (Å²) in [5.74, 6) is 0. The molecule has 0 amide bonds. The molecule has 0 heterocycles. The molecule has 0 N–H and O–H groups in total. The molecule has 0 bridgehead atoms. The summed E-state index contributed by atoms with van der Waals surface area (Å²) in [6, 6.07) is 62.3. The van der Waals surface area contributed by atoms with Crippen molar-refractivity contribution < 1.29 is 0 Å². The number of rotatable bonds is 3. The first-order chi connectivity index (χ1) is 21.8. The molecule has 0 fully saturated rings. The zero-order valence-corrected chi connectivity index (χ0v) is 24.2. The van der Waals surface area contributed by atoms with E-state index in [-0.39, 0.29) is 0 Å². The Bertz CT molecular complexity index is 2490. The third-order valence-corrected chi connectivity index (χ3v) is 9.23. The highest BCUT2D eigenvalue weighted by Gasteiger charge is 2.18. The molecule has 0 unspecified atom stereocenters. The van der Waals surface area contributed by atoms with Crippen molar-refractivity contribution in [1.82, 2.24) is 0 Å². The lowest BCUT2D eigenvalue weighted by atomic mass is 9.84. The third-order valence-electron chi connectivity index (χ3n) is 9.23. The van der Waals surface area contributed by atoms with Crippen LogP contribution in [0.5, 0.6) is 0 Å². The van der Waals surface area contributed by atoms with Crippen molar-refractivity contribution in [1.29, 1.82) is 0 Å². The van der Waals surface area contributed by atoms with Crippen LogP contribution in [0, 0.1) is 0 Å². The molecule has 0 aliphatic heterocycles. The Balaban J connectivity index is 1.44. The fourth-order valence-electron chi connectivity index (χ4n) is 7.28. The van der Waals surface area contributed by atoms with Crippen LogP contribution in [0.4, 0.5) is 0 Å². The molecule has 0 saturated heterocycles. The summed E-state index contributed by atoms with van der Waals surface area (Å²) in [6.07, 6.45) is 0. The largest absolute Gasteiger partial charge is 0.0622 e. The highest BCUT2D eigenvalue weighted by molar-refractivity contribution is 6.27. The molecule has 0 spiro atoms. The first kappa shape index (κ1) is 24.8. The van der Waals surface area contributed by atoms with E-state index in [1.165, 1.54) is 87.2 Å². The molecular formula is C44H28. The molecular weight excluding hydrogens is 528 g/mol. The smallest absolute Gasteiger partial charge is 0.00259 e. The van der Waals surface area contributed by atoms with Gasteiger partial charge in [0.1, 0.15) is 0 Å². The van der Waals surface area contributed by atoms with Gasteiger partial charge >= 0.3 is 0 Å². The van der Waals surface area contributed by atoms with E-state index in [1.54, 1.807) is 0 Å². The summed E-state index contributed by atoms with van der Waals surface area (Å²) < 4.78 is 0. The summed E-state index contributed by atoms with van der Waals surface area (Å²) in [6.45, 7) is 0. The van der Waals surface area contributed by atoms with Crippen LogP contribution in [0.3, 0.4) is 0 Å². The molecule has 9 aromatic carbocycles. The van der Waals surface area contributed by atoms with E-state index < -0.39 is 0 Å². The standard InChI is InChI=1S/C44H28/c1-3-13-29(14-4-1)31-23-26-40-42(27-31)44(39-22-12-11-21-38(39)43(40)30-15-5-2-6-16-30)32-24-25-37-35-19-8-7-17-33(35)34-18-9-10-20-36(34)41(37)28-32/h1-28H. The molecule has 44 heavy (non-hydrogen) atoms. The number of benzene rings is 9. The van der Waals surface area contributed by atoms with Gasteiger partial charge in [0.15, 0.2) is 0 Å². The fourth-order valence-corrected chi connectivity index (χ4v) is 7.28. The van der Waals surface area contributed by atoms with E-state index in [4.69, 9.17) is 0 Å². The van der Waals surface area contributed by atoms with Crippen LogP contribution in [0.15, 0.2) is 170 Å². The molecule has 0 atom stereocenters. The first-order valence-electron chi connectivity index (χ1n) is 15.3. The maximum Gasteiger partial charge on any atom is -0.00259 e. The Morgan fingerprint density at radius 3 is 1.14 bits per heavy atom. The molecule has 204 valence electrons. The van der Waals surface area contributed by atoms with Crippen molar-refractivity contribution in [2.24, 2.45) is 0 Å². The van der Waals surface area contributed by atoms with Crippen molar-refractivity contribution >= 4 is 53.9 Å². The Morgan fingerprint density at radius 2 is 0.545 bits per heavy atom. The van der Waals surface area contributed by atoms with Crippen LogP contribution in [-0.4, -0.2) is 0 Å². The Kier molecular flexibility index (Phi) is 5.61. The quantitative estimate of drug-likeness (QED) is 0.150. The third kappa shape index (κ3) is 3.78. The second kappa shape index (κ2) is 9.93. The molecule has 0 heteroatoms. The maximum absolute atomic E-state index is 2.43. The number of hydrogen-bond acceptors (Lipinski definition) is 0. The van der Waals surface area contributed by atoms with Gasteiger partial charge in [-0.3, -0.25) is 0 Å². The molecule has 0 aromatic heterocycles. The van der Waals surface area contributed by atoms with E-state index in [0.29, 0.717) is 0 Å². The Labute approximate surface area is 256 Å². The predicted octanol–water partition coefficient (Wildman–Crippen LogP) is 12.5. The average Bonchev–Trinajstić information content (AvgIpc) is 3.11. The van der Waals surface area contributed by atoms with Crippen LogP contribution < -0.4 is 0 Å². The van der Waals surface area contributed by atoms with Crippen molar-refractivity contribution in [3.05, 3.63) is 170 Å². The summed E-state index contributed by atoms with van der Waals surface area (Å²) in [7, 11) is 0. The van der Waals surface area contributed by atoms with Crippen LogP contribution in [0.25, 0.3) is 87.2 Å². The minimum atomic E-state index is 1.23. The highest BCUT2D eigenvalue weighted by atomic mass is 14.2. The van der Waals surface area contributed by atoms with Gasteiger partial charge < -0.3 is 0 Å². The highest BCUT2D eigenvalue weighted by Crippen LogP contribution is 2.46. The summed E-state index contributed by atoms with van der Waals surface area (Å²) in [4.78, 5) is 0. The minimum Gasteiger partial charge on any atom is -0.0622 e. The molecule has 0 aliphatic carbocycles. The molecule has 9 aromatic rings. The molecule has 0 saturated carbocycles. The molecule has 0 nitrogen and oxygen atoms in total. The van der Waals surface area contributed by atoms with Gasteiger partial charge in [-0.05, 0) is 99.4 Å². The monoisotopic (exact) mass is 556 g/mol. The lowest BCUT2D eigenvalue weighted by Crippen LogP contribution is -1.92. The van der Waals surface area contributed by atoms with Gasteiger partial charge in [-0.2, -0.15) is 0 Å². The van der Waals surface area contributed by atoms with Gasteiger partial charge in [0.2, 0.25) is 0 Å². The average molecular weight is 557 g/mol. The molecule has 0 aliphatic rings. The Morgan fingerprint density at radius 1 is 0.182 bits per heavy atom. The van der Waals surface area contributed by atoms with Gasteiger partial charge in [-0.15, -0.1) is 0 Å². The van der Waals surface area contributed by atoms with E-state index in [2.05, 4.69) is 170 Å². The van der Waals surface area contributed by atoms with Crippen molar-refractivity contribution in [2.45, 2.75) is 0 Å². The van der Waals surface area contributed by atoms with Crippen molar-refractivity contribution in [2.75, 3.05) is 0 Å². The topological polar surface area (TPSA) is 0 Å². The lowest BCUT2D eigenvalue weighted by Gasteiger charge is -2.19. The van der Waals surface area contributed by atoms with Crippen molar-refractivity contribution in [3.63, 3.8) is 0 Å². The van der Waals surface area contributed by atoms with Gasteiger partial charge in [-0.25, -0.2) is 0 Å². The van der Waals surface area contributed by atoms with E-state index in [1.807, 2.05) is 0 Å². The SMILES string of the molecule is c1ccc(-c2ccc3c(-c4ccccc4)c4ccccc4c(-c4ccc5c6ccccc6c6ccccc6c5c4)c3c2)cc1. The molecule has 0 radical (unpaired) electrons. The van der Waals surface area contributed by atoms with Crippen LogP contribution in [0.2, 0.25) is 0 Å². The van der Waals surface area contributed by atoms with Gasteiger partial charge in [0, 0.05) is 0 Å². The summed E-state index contributed by atoms with van der Waals surface area (Å²) in [5, 5.41) is 12.9. The maximum atomic E-state index is 2.43. The van der Waals surface area contributed by atoms with Gasteiger partial charge in [0.25, 0.3) is 0 Å². The van der Waals surface area contributed by atoms with Crippen LogP contribution >= 0.6 is 0 Å². The normalized spacial score (nSPS) is 11.6.